The maximum absolute atomic E-state index is 12.6. The second-order valence-electron chi connectivity index (χ2n) is 5.14. The van der Waals surface area contributed by atoms with Gasteiger partial charge in [0.1, 0.15) is 5.54 Å². The molecule has 1 spiro atoms. The molecule has 20 heavy (non-hydrogen) atoms. The van der Waals surface area contributed by atoms with Crippen molar-refractivity contribution in [3.63, 3.8) is 0 Å². The van der Waals surface area contributed by atoms with E-state index < -0.39 is 5.54 Å². The van der Waals surface area contributed by atoms with Gasteiger partial charge in [-0.05, 0) is 17.7 Å². The van der Waals surface area contributed by atoms with Gasteiger partial charge in [0.05, 0.1) is 5.69 Å². The number of carbonyl (C=O) groups excluding carboxylic acids is 2. The molecule has 106 valence electrons. The zero-order valence-electron chi connectivity index (χ0n) is 11.1. The topological polar surface area (TPSA) is 84.7 Å². The Kier molecular flexibility index (Phi) is 3.19. The zero-order valence-corrected chi connectivity index (χ0v) is 11.1. The summed E-state index contributed by atoms with van der Waals surface area (Å²) in [6.45, 7) is 1.35. The second kappa shape index (κ2) is 4.88. The summed E-state index contributed by atoms with van der Waals surface area (Å²) in [4.78, 5) is 26.0. The minimum atomic E-state index is -0.798. The van der Waals surface area contributed by atoms with E-state index >= 15 is 0 Å². The Morgan fingerprint density at radius 3 is 2.75 bits per heavy atom. The molecular weight excluding hydrogens is 258 g/mol. The first-order chi connectivity index (χ1) is 9.66. The van der Waals surface area contributed by atoms with Gasteiger partial charge in [-0.2, -0.15) is 0 Å². The highest BCUT2D eigenvalue weighted by Gasteiger charge is 2.52. The van der Waals surface area contributed by atoms with Crippen LogP contribution in [0.5, 0.6) is 0 Å². The number of imide groups is 1. The van der Waals surface area contributed by atoms with Gasteiger partial charge in [-0.15, -0.1) is 0 Å². The van der Waals surface area contributed by atoms with Gasteiger partial charge in [0.15, 0.2) is 0 Å². The molecule has 2 aliphatic heterocycles. The van der Waals surface area contributed by atoms with Crippen LogP contribution in [0.25, 0.3) is 0 Å². The number of urea groups is 1. The number of carbonyl (C=O) groups is 2. The van der Waals surface area contributed by atoms with Crippen molar-refractivity contribution in [2.45, 2.75) is 24.9 Å². The third kappa shape index (κ3) is 1.97. The van der Waals surface area contributed by atoms with Crippen molar-refractivity contribution in [2.24, 2.45) is 5.73 Å². The lowest BCUT2D eigenvalue weighted by molar-refractivity contribution is -0.125. The van der Waals surface area contributed by atoms with Gasteiger partial charge in [0, 0.05) is 32.6 Å². The summed E-state index contributed by atoms with van der Waals surface area (Å²) in [5.41, 5.74) is 6.26. The molecule has 2 aliphatic rings. The van der Waals surface area contributed by atoms with Crippen molar-refractivity contribution < 1.29 is 14.3 Å². The van der Waals surface area contributed by atoms with Crippen LogP contribution in [0.2, 0.25) is 0 Å². The molecule has 2 heterocycles. The number of hydrogen-bond acceptors (Lipinski definition) is 4. The van der Waals surface area contributed by atoms with E-state index in [2.05, 4.69) is 5.32 Å². The van der Waals surface area contributed by atoms with Crippen LogP contribution in [-0.2, 0) is 16.1 Å². The quantitative estimate of drug-likeness (QED) is 0.780. The van der Waals surface area contributed by atoms with Crippen LogP contribution in [0, 0.1) is 0 Å². The SMILES string of the molecule is NCc1cccc(N2C(=O)NC3(CCOCC3)C2=O)c1. The monoisotopic (exact) mass is 275 g/mol. The van der Waals surface area contributed by atoms with E-state index in [9.17, 15) is 9.59 Å². The van der Waals surface area contributed by atoms with E-state index in [0.717, 1.165) is 5.56 Å². The average molecular weight is 275 g/mol. The predicted molar refractivity (Wildman–Crippen MR) is 73.1 cm³/mol. The molecule has 3 amide bonds. The molecule has 3 rings (SSSR count). The number of nitrogens with zero attached hydrogens (tertiary/aromatic N) is 1. The molecule has 0 atom stereocenters. The van der Waals surface area contributed by atoms with E-state index in [4.69, 9.17) is 10.5 Å². The molecule has 3 N–H and O–H groups in total. The van der Waals surface area contributed by atoms with Gasteiger partial charge in [-0.1, -0.05) is 12.1 Å². The Labute approximate surface area is 116 Å². The highest BCUT2D eigenvalue weighted by molar-refractivity contribution is 6.23. The van der Waals surface area contributed by atoms with Crippen molar-refractivity contribution in [3.8, 4) is 0 Å². The van der Waals surface area contributed by atoms with Crippen molar-refractivity contribution in [3.05, 3.63) is 29.8 Å². The maximum atomic E-state index is 12.6. The number of ether oxygens (including phenoxy) is 1. The van der Waals surface area contributed by atoms with Gasteiger partial charge >= 0.3 is 6.03 Å². The largest absolute Gasteiger partial charge is 0.381 e. The fourth-order valence-corrected chi connectivity index (χ4v) is 2.74. The number of amides is 3. The lowest BCUT2D eigenvalue weighted by Gasteiger charge is -2.30. The molecule has 0 aromatic heterocycles. The van der Waals surface area contributed by atoms with E-state index in [-0.39, 0.29) is 11.9 Å². The Bertz CT molecular complexity index is 552. The normalized spacial score (nSPS) is 21.4. The Morgan fingerprint density at radius 2 is 2.05 bits per heavy atom. The number of nitrogens with one attached hydrogen (secondary N) is 1. The van der Waals surface area contributed by atoms with Crippen LogP contribution >= 0.6 is 0 Å². The third-order valence-electron chi connectivity index (χ3n) is 3.91. The molecule has 2 saturated heterocycles. The number of nitrogens with two attached hydrogens (primary N) is 1. The summed E-state index contributed by atoms with van der Waals surface area (Å²) in [7, 11) is 0. The highest BCUT2D eigenvalue weighted by Crippen LogP contribution is 2.31. The van der Waals surface area contributed by atoms with Gasteiger partial charge < -0.3 is 15.8 Å². The molecule has 1 aromatic carbocycles. The van der Waals surface area contributed by atoms with Crippen LogP contribution in [0.4, 0.5) is 10.5 Å². The van der Waals surface area contributed by atoms with Crippen LogP contribution in [0.15, 0.2) is 24.3 Å². The highest BCUT2D eigenvalue weighted by atomic mass is 16.5. The summed E-state index contributed by atoms with van der Waals surface area (Å²) in [5.74, 6) is -0.194. The fraction of sp³-hybridized carbons (Fsp3) is 0.429. The summed E-state index contributed by atoms with van der Waals surface area (Å²) < 4.78 is 5.28. The summed E-state index contributed by atoms with van der Waals surface area (Å²) in [5, 5.41) is 2.83. The number of rotatable bonds is 2. The molecule has 1 aromatic rings. The third-order valence-corrected chi connectivity index (χ3v) is 3.91. The van der Waals surface area contributed by atoms with Gasteiger partial charge in [0.2, 0.25) is 0 Å². The second-order valence-corrected chi connectivity index (χ2v) is 5.14. The minimum absolute atomic E-state index is 0.194. The average Bonchev–Trinajstić information content (AvgIpc) is 2.71. The Balaban J connectivity index is 1.93. The van der Waals surface area contributed by atoms with Crippen molar-refractivity contribution >= 4 is 17.6 Å². The van der Waals surface area contributed by atoms with E-state index in [0.29, 0.717) is 38.3 Å². The Hall–Kier alpha value is -1.92. The molecule has 0 radical (unpaired) electrons. The number of benzene rings is 1. The molecule has 0 saturated carbocycles. The first-order valence-corrected chi connectivity index (χ1v) is 6.70. The summed E-state index contributed by atoms with van der Waals surface area (Å²) >= 11 is 0. The summed E-state index contributed by atoms with van der Waals surface area (Å²) in [6.07, 6.45) is 1.04. The van der Waals surface area contributed by atoms with Gasteiger partial charge in [0.25, 0.3) is 5.91 Å². The van der Waals surface area contributed by atoms with Crippen LogP contribution in [0.1, 0.15) is 18.4 Å². The zero-order chi connectivity index (χ0) is 14.2. The number of anilines is 1. The van der Waals surface area contributed by atoms with Gasteiger partial charge in [-0.25, -0.2) is 9.69 Å². The van der Waals surface area contributed by atoms with Crippen LogP contribution < -0.4 is 16.0 Å². The molecule has 6 heteroatoms. The van der Waals surface area contributed by atoms with E-state index in [1.54, 1.807) is 18.2 Å². The Morgan fingerprint density at radius 1 is 1.30 bits per heavy atom. The number of hydrogen-bond donors (Lipinski definition) is 2. The minimum Gasteiger partial charge on any atom is -0.381 e. The van der Waals surface area contributed by atoms with Gasteiger partial charge in [-0.3, -0.25) is 4.79 Å². The van der Waals surface area contributed by atoms with Crippen molar-refractivity contribution in [1.29, 1.82) is 0 Å². The first-order valence-electron chi connectivity index (χ1n) is 6.70. The fourth-order valence-electron chi connectivity index (χ4n) is 2.74. The van der Waals surface area contributed by atoms with Crippen molar-refractivity contribution in [2.75, 3.05) is 18.1 Å². The lowest BCUT2D eigenvalue weighted by Crippen LogP contribution is -2.51. The molecule has 2 fully saturated rings. The lowest BCUT2D eigenvalue weighted by atomic mass is 9.90. The summed E-state index contributed by atoms with van der Waals surface area (Å²) in [6, 6.07) is 6.82. The van der Waals surface area contributed by atoms with Crippen molar-refractivity contribution in [1.82, 2.24) is 5.32 Å². The molecule has 0 aliphatic carbocycles. The first kappa shape index (κ1) is 13.1. The van der Waals surface area contributed by atoms with E-state index in [1.807, 2.05) is 6.07 Å². The van der Waals surface area contributed by atoms with E-state index in [1.165, 1.54) is 4.90 Å². The smallest absolute Gasteiger partial charge is 0.329 e. The maximum Gasteiger partial charge on any atom is 0.329 e. The molecule has 0 unspecified atom stereocenters. The molecular formula is C14H17N3O3. The molecule has 0 bridgehead atoms. The van der Waals surface area contributed by atoms with Crippen LogP contribution in [-0.4, -0.2) is 30.7 Å². The molecule has 6 nitrogen and oxygen atoms in total. The standard InChI is InChI=1S/C14H17N3O3/c15-9-10-2-1-3-11(8-10)17-12(18)14(16-13(17)19)4-6-20-7-5-14/h1-3,8H,4-7,9,15H2,(H,16,19). The predicted octanol–water partition coefficient (Wildman–Crippen LogP) is 0.751. The van der Waals surface area contributed by atoms with Crippen LogP contribution in [0.3, 0.4) is 0 Å².